The van der Waals surface area contributed by atoms with Crippen LogP contribution in [-0.4, -0.2) is 36.3 Å². The summed E-state index contributed by atoms with van der Waals surface area (Å²) in [5, 5.41) is 8.63. The second-order valence-corrected chi connectivity index (χ2v) is 4.59. The molecule has 9 heteroatoms. The van der Waals surface area contributed by atoms with Crippen LogP contribution in [0.5, 0.6) is 0 Å². The Labute approximate surface area is 104 Å². The van der Waals surface area contributed by atoms with E-state index in [1.807, 2.05) is 0 Å². The standard InChI is InChI=1S/C8H9N3O2.CH4O3S/c9-8(10)11-6-3-1-2-5(4-6)7(12)13;1-5(2,3)4/h1-4H,(H,12,13)(H4,9,10,11);1H3,(H,2,3,4). The van der Waals surface area contributed by atoms with Crippen LogP contribution >= 0.6 is 0 Å². The molecule has 1 aromatic rings. The number of guanidine groups is 1. The maximum atomic E-state index is 10.5. The van der Waals surface area contributed by atoms with Gasteiger partial charge in [0.05, 0.1) is 17.5 Å². The molecule has 100 valence electrons. The molecule has 0 heterocycles. The molecule has 0 atom stereocenters. The highest BCUT2D eigenvalue weighted by Crippen LogP contribution is 2.13. The minimum absolute atomic E-state index is 0.0949. The summed E-state index contributed by atoms with van der Waals surface area (Å²) < 4.78 is 25.9. The van der Waals surface area contributed by atoms with Crippen LogP contribution in [0, 0.1) is 0 Å². The Morgan fingerprint density at radius 2 is 1.83 bits per heavy atom. The molecular weight excluding hydrogens is 262 g/mol. The molecule has 0 saturated carbocycles. The summed E-state index contributed by atoms with van der Waals surface area (Å²) in [6.07, 6.45) is 0.715. The number of aromatic carboxylic acids is 1. The third-order valence-corrected chi connectivity index (χ3v) is 1.35. The van der Waals surface area contributed by atoms with Crippen molar-refractivity contribution in [3.05, 3.63) is 29.8 Å². The van der Waals surface area contributed by atoms with Crippen LogP contribution in [-0.2, 0) is 10.1 Å². The zero-order chi connectivity index (χ0) is 14.3. The largest absolute Gasteiger partial charge is 0.478 e. The lowest BCUT2D eigenvalue weighted by Gasteiger charge is -1.96. The Kier molecular flexibility index (Phi) is 5.79. The Bertz CT molecular complexity index is 541. The average molecular weight is 275 g/mol. The third kappa shape index (κ3) is 9.12. The Hall–Kier alpha value is -2.13. The smallest absolute Gasteiger partial charge is 0.335 e. The molecule has 0 unspecified atom stereocenters. The van der Waals surface area contributed by atoms with Gasteiger partial charge in [0, 0.05) is 0 Å². The van der Waals surface area contributed by atoms with Crippen molar-refractivity contribution < 1.29 is 22.9 Å². The molecule has 0 aliphatic rings. The van der Waals surface area contributed by atoms with Crippen molar-refractivity contribution in [3.8, 4) is 0 Å². The molecule has 0 aromatic heterocycles. The fraction of sp³-hybridized carbons (Fsp3) is 0.111. The van der Waals surface area contributed by atoms with Crippen molar-refractivity contribution in [1.29, 1.82) is 0 Å². The molecule has 0 aliphatic heterocycles. The van der Waals surface area contributed by atoms with Crippen LogP contribution in [0.15, 0.2) is 29.3 Å². The number of rotatable bonds is 2. The van der Waals surface area contributed by atoms with Crippen molar-refractivity contribution >= 4 is 27.7 Å². The van der Waals surface area contributed by atoms with E-state index in [0.29, 0.717) is 11.9 Å². The minimum atomic E-state index is -3.67. The number of benzene rings is 1. The van der Waals surface area contributed by atoms with Crippen LogP contribution < -0.4 is 11.5 Å². The van der Waals surface area contributed by atoms with Crippen molar-refractivity contribution in [3.63, 3.8) is 0 Å². The third-order valence-electron chi connectivity index (χ3n) is 1.35. The highest BCUT2D eigenvalue weighted by Gasteiger charge is 2.01. The molecule has 0 saturated heterocycles. The van der Waals surface area contributed by atoms with Gasteiger partial charge in [-0.3, -0.25) is 4.55 Å². The Morgan fingerprint density at radius 3 is 2.22 bits per heavy atom. The number of hydrogen-bond acceptors (Lipinski definition) is 4. The summed E-state index contributed by atoms with van der Waals surface area (Å²) >= 11 is 0. The highest BCUT2D eigenvalue weighted by molar-refractivity contribution is 7.85. The highest BCUT2D eigenvalue weighted by atomic mass is 32.2. The SMILES string of the molecule is CS(=O)(=O)O.NC(N)=Nc1cccc(C(=O)O)c1. The average Bonchev–Trinajstić information content (AvgIpc) is 2.14. The van der Waals surface area contributed by atoms with Gasteiger partial charge < -0.3 is 16.6 Å². The normalized spacial score (nSPS) is 9.89. The number of nitrogens with zero attached hydrogens (tertiary/aromatic N) is 1. The number of carboxylic acids is 1. The van der Waals surface area contributed by atoms with Gasteiger partial charge in [0.15, 0.2) is 5.96 Å². The number of hydrogen-bond donors (Lipinski definition) is 4. The van der Waals surface area contributed by atoms with Crippen molar-refractivity contribution in [2.75, 3.05) is 6.26 Å². The summed E-state index contributed by atoms with van der Waals surface area (Å²) in [6.45, 7) is 0. The zero-order valence-electron chi connectivity index (χ0n) is 9.44. The minimum Gasteiger partial charge on any atom is -0.478 e. The van der Waals surface area contributed by atoms with Gasteiger partial charge in [0.2, 0.25) is 0 Å². The molecule has 0 aliphatic carbocycles. The van der Waals surface area contributed by atoms with Gasteiger partial charge in [-0.1, -0.05) is 6.07 Å². The van der Waals surface area contributed by atoms with E-state index in [0.717, 1.165) is 0 Å². The molecule has 0 amide bonds. The van der Waals surface area contributed by atoms with Crippen molar-refractivity contribution in [1.82, 2.24) is 0 Å². The number of carbonyl (C=O) groups is 1. The summed E-state index contributed by atoms with van der Waals surface area (Å²) in [5.41, 5.74) is 10.8. The second-order valence-electron chi connectivity index (χ2n) is 3.13. The fourth-order valence-corrected chi connectivity index (χ4v) is 0.858. The van der Waals surface area contributed by atoms with E-state index in [4.69, 9.17) is 21.1 Å². The van der Waals surface area contributed by atoms with Gasteiger partial charge in [0.25, 0.3) is 10.1 Å². The number of aliphatic imine (C=N–C) groups is 1. The number of carboxylic acid groups (broad SMARTS) is 1. The molecule has 18 heavy (non-hydrogen) atoms. The quantitative estimate of drug-likeness (QED) is 0.330. The fourth-order valence-electron chi connectivity index (χ4n) is 0.858. The molecule has 0 radical (unpaired) electrons. The first-order valence-corrected chi connectivity index (χ1v) is 6.30. The first-order valence-electron chi connectivity index (χ1n) is 4.45. The van der Waals surface area contributed by atoms with Crippen LogP contribution in [0.1, 0.15) is 10.4 Å². The summed E-state index contributed by atoms with van der Waals surface area (Å²) in [7, 11) is -3.67. The summed E-state index contributed by atoms with van der Waals surface area (Å²) in [4.78, 5) is 14.2. The lowest BCUT2D eigenvalue weighted by atomic mass is 10.2. The van der Waals surface area contributed by atoms with Crippen LogP contribution in [0.3, 0.4) is 0 Å². The number of nitrogens with two attached hydrogens (primary N) is 2. The van der Waals surface area contributed by atoms with Gasteiger partial charge in [-0.25, -0.2) is 9.79 Å². The molecule has 1 rings (SSSR count). The van der Waals surface area contributed by atoms with Gasteiger partial charge >= 0.3 is 5.97 Å². The summed E-state index contributed by atoms with van der Waals surface area (Å²) in [5.74, 6) is -1.10. The van der Waals surface area contributed by atoms with E-state index < -0.39 is 16.1 Å². The predicted molar refractivity (Wildman–Crippen MR) is 66.3 cm³/mol. The van der Waals surface area contributed by atoms with Crippen LogP contribution in [0.25, 0.3) is 0 Å². The molecular formula is C9H13N3O5S. The van der Waals surface area contributed by atoms with E-state index in [2.05, 4.69) is 4.99 Å². The molecule has 8 nitrogen and oxygen atoms in total. The molecule has 1 aromatic carbocycles. The lowest BCUT2D eigenvalue weighted by molar-refractivity contribution is 0.0697. The van der Waals surface area contributed by atoms with E-state index in [1.165, 1.54) is 12.1 Å². The Morgan fingerprint density at radius 1 is 1.33 bits per heavy atom. The molecule has 0 fully saturated rings. The van der Waals surface area contributed by atoms with E-state index in [1.54, 1.807) is 12.1 Å². The maximum Gasteiger partial charge on any atom is 0.335 e. The van der Waals surface area contributed by atoms with Gasteiger partial charge in [-0.2, -0.15) is 8.42 Å². The van der Waals surface area contributed by atoms with Crippen LogP contribution in [0.2, 0.25) is 0 Å². The molecule has 6 N–H and O–H groups in total. The zero-order valence-corrected chi connectivity index (χ0v) is 10.3. The Balaban J connectivity index is 0.000000494. The van der Waals surface area contributed by atoms with Crippen LogP contribution in [0.4, 0.5) is 5.69 Å². The topological polar surface area (TPSA) is 156 Å². The van der Waals surface area contributed by atoms with Gasteiger partial charge in [0.1, 0.15) is 0 Å². The van der Waals surface area contributed by atoms with Crippen molar-refractivity contribution in [2.45, 2.75) is 0 Å². The maximum absolute atomic E-state index is 10.5. The summed E-state index contributed by atoms with van der Waals surface area (Å²) in [6, 6.07) is 6.05. The molecule has 0 bridgehead atoms. The van der Waals surface area contributed by atoms with E-state index >= 15 is 0 Å². The monoisotopic (exact) mass is 275 g/mol. The van der Waals surface area contributed by atoms with Gasteiger partial charge in [-0.05, 0) is 18.2 Å². The predicted octanol–water partition coefficient (Wildman–Crippen LogP) is -0.206. The molecule has 0 spiro atoms. The second kappa shape index (κ2) is 6.57. The van der Waals surface area contributed by atoms with Gasteiger partial charge in [-0.15, -0.1) is 0 Å². The lowest BCUT2D eigenvalue weighted by Crippen LogP contribution is -2.21. The first kappa shape index (κ1) is 15.9. The van der Waals surface area contributed by atoms with E-state index in [9.17, 15) is 13.2 Å². The first-order chi connectivity index (χ1) is 8.09. The van der Waals surface area contributed by atoms with Crippen molar-refractivity contribution in [2.24, 2.45) is 16.5 Å². The van der Waals surface area contributed by atoms with E-state index in [-0.39, 0.29) is 11.5 Å².